The summed E-state index contributed by atoms with van der Waals surface area (Å²) in [5.74, 6) is -2.62. The number of aryl methyl sites for hydroxylation is 1. The van der Waals surface area contributed by atoms with Gasteiger partial charge in [-0.05, 0) is 13.0 Å². The first-order valence-corrected chi connectivity index (χ1v) is 6.59. The summed E-state index contributed by atoms with van der Waals surface area (Å²) in [4.78, 5) is 8.24. The van der Waals surface area contributed by atoms with E-state index >= 15 is 0 Å². The summed E-state index contributed by atoms with van der Waals surface area (Å²) >= 11 is 0. The first-order valence-electron chi connectivity index (χ1n) is 6.59. The highest BCUT2D eigenvalue weighted by Gasteiger charge is 2.82. The Kier molecular flexibility index (Phi) is 2.35. The second-order valence-electron chi connectivity index (χ2n) is 5.64. The largest absolute Gasteiger partial charge is 0.390 e. The molecule has 3 heterocycles. The van der Waals surface area contributed by atoms with Crippen molar-refractivity contribution in [3.8, 4) is 0 Å². The second-order valence-corrected chi connectivity index (χ2v) is 5.64. The molecule has 0 spiro atoms. The molecular weight excluding hydrogens is 281 g/mol. The Balaban J connectivity index is 1.76. The predicted molar refractivity (Wildman–Crippen MR) is 68.1 cm³/mol. The van der Waals surface area contributed by atoms with Crippen LogP contribution in [-0.2, 0) is 4.74 Å². The van der Waals surface area contributed by atoms with Crippen molar-refractivity contribution in [1.29, 1.82) is 0 Å². The minimum Gasteiger partial charge on any atom is -0.390 e. The molecule has 7 nitrogen and oxygen atoms in total. The van der Waals surface area contributed by atoms with Crippen molar-refractivity contribution in [1.82, 2.24) is 14.5 Å². The first kappa shape index (κ1) is 13.1. The lowest BCUT2D eigenvalue weighted by atomic mass is 10.1. The molecule has 5 atom stereocenters. The number of hydrogen-bond donors (Lipinski definition) is 3. The van der Waals surface area contributed by atoms with E-state index in [0.717, 1.165) is 11.1 Å². The minimum atomic E-state index is -2.62. The third-order valence-electron chi connectivity index (χ3n) is 4.50. The van der Waals surface area contributed by atoms with Gasteiger partial charge in [0, 0.05) is 11.6 Å². The van der Waals surface area contributed by atoms with Crippen molar-refractivity contribution in [3.05, 3.63) is 24.3 Å². The van der Waals surface area contributed by atoms with Crippen molar-refractivity contribution in [2.24, 2.45) is 0 Å². The van der Waals surface area contributed by atoms with Crippen LogP contribution in [0.25, 0.3) is 11.0 Å². The van der Waals surface area contributed by atoms with E-state index in [1.165, 1.54) is 6.33 Å². The molecule has 2 aliphatic rings. The van der Waals surface area contributed by atoms with Crippen LogP contribution in [0.2, 0.25) is 0 Å². The number of aliphatic hydroxyl groups is 3. The molecule has 1 aliphatic heterocycles. The van der Waals surface area contributed by atoms with Crippen LogP contribution in [-0.4, -0.2) is 60.1 Å². The van der Waals surface area contributed by atoms with Gasteiger partial charge in [-0.15, -0.1) is 0 Å². The second kappa shape index (κ2) is 3.77. The molecule has 8 heteroatoms. The molecular formula is C13H14FN3O4. The molecule has 1 unspecified atom stereocenters. The Morgan fingerprint density at radius 2 is 2.24 bits per heavy atom. The molecule has 0 aromatic carbocycles. The van der Waals surface area contributed by atoms with Crippen LogP contribution in [0, 0.1) is 6.92 Å². The molecule has 1 saturated heterocycles. The van der Waals surface area contributed by atoms with E-state index in [9.17, 15) is 14.6 Å². The Bertz CT molecular complexity index is 737. The van der Waals surface area contributed by atoms with Gasteiger partial charge in [-0.1, -0.05) is 0 Å². The zero-order valence-corrected chi connectivity index (χ0v) is 11.1. The van der Waals surface area contributed by atoms with Crippen molar-refractivity contribution >= 4 is 11.0 Å². The molecule has 1 saturated carbocycles. The topological polar surface area (TPSA) is 101 Å². The number of rotatable bonds is 2. The lowest BCUT2D eigenvalue weighted by Crippen LogP contribution is -2.47. The van der Waals surface area contributed by atoms with Gasteiger partial charge in [-0.3, -0.25) is 0 Å². The number of nitrogens with zero attached hydrogens (tertiary/aromatic N) is 3. The standard InChI is InChI=1S/C13H14FN3O4/c1-6-7-2-3-17(10(7)16-5-15-6)8-9-13(8,20)11(19)12(14,4-18)21-9/h2-3,5,8-9,11,18-20H,4H2,1H3/t8?,9-,11+,12+,13-/m0/s1. The molecule has 112 valence electrons. The summed E-state index contributed by atoms with van der Waals surface area (Å²) < 4.78 is 20.7. The molecule has 0 radical (unpaired) electrons. The Hall–Kier alpha value is -1.61. The number of aromatic nitrogens is 3. The van der Waals surface area contributed by atoms with E-state index in [1.54, 1.807) is 16.8 Å². The SMILES string of the molecule is Cc1ncnc2c1ccn2C1[C@@H]2O[C@](F)(CO)[C@@H](O)[C@]12O. The van der Waals surface area contributed by atoms with Crippen molar-refractivity contribution < 1.29 is 24.4 Å². The number of halogens is 1. The Morgan fingerprint density at radius 3 is 2.86 bits per heavy atom. The molecule has 4 rings (SSSR count). The summed E-state index contributed by atoms with van der Waals surface area (Å²) in [5, 5.41) is 30.2. The third kappa shape index (κ3) is 1.40. The zero-order chi connectivity index (χ0) is 15.0. The van der Waals surface area contributed by atoms with Gasteiger partial charge in [0.2, 0.25) is 0 Å². The number of aliphatic hydroxyl groups excluding tert-OH is 2. The van der Waals surface area contributed by atoms with Crippen LogP contribution in [0.4, 0.5) is 4.39 Å². The highest BCUT2D eigenvalue weighted by molar-refractivity contribution is 5.78. The Morgan fingerprint density at radius 1 is 1.48 bits per heavy atom. The number of hydrogen-bond acceptors (Lipinski definition) is 6. The fraction of sp³-hybridized carbons (Fsp3) is 0.538. The summed E-state index contributed by atoms with van der Waals surface area (Å²) in [6, 6.07) is 1.15. The summed E-state index contributed by atoms with van der Waals surface area (Å²) in [6.07, 6.45) is 0.365. The highest BCUT2D eigenvalue weighted by Crippen LogP contribution is 2.62. The van der Waals surface area contributed by atoms with Gasteiger partial charge in [0.1, 0.15) is 36.4 Å². The smallest absolute Gasteiger partial charge is 0.262 e. The molecule has 1 aliphatic carbocycles. The maximum Gasteiger partial charge on any atom is 0.262 e. The fourth-order valence-corrected chi connectivity index (χ4v) is 3.26. The number of fused-ring (bicyclic) bond motifs is 2. The molecule has 2 fully saturated rings. The maximum absolute atomic E-state index is 14.0. The van der Waals surface area contributed by atoms with Gasteiger partial charge < -0.3 is 24.6 Å². The van der Waals surface area contributed by atoms with E-state index in [1.807, 2.05) is 6.92 Å². The van der Waals surface area contributed by atoms with Crippen LogP contribution in [0.1, 0.15) is 11.7 Å². The quantitative estimate of drug-likeness (QED) is 0.687. The molecule has 0 amide bonds. The summed E-state index contributed by atoms with van der Waals surface area (Å²) in [5.41, 5.74) is -0.393. The van der Waals surface area contributed by atoms with E-state index in [2.05, 4.69) is 9.97 Å². The van der Waals surface area contributed by atoms with Gasteiger partial charge in [-0.25, -0.2) is 14.4 Å². The molecule has 21 heavy (non-hydrogen) atoms. The van der Waals surface area contributed by atoms with Gasteiger partial charge in [0.25, 0.3) is 5.85 Å². The molecule has 2 aromatic rings. The molecule has 0 bridgehead atoms. The lowest BCUT2D eigenvalue weighted by molar-refractivity contribution is -0.213. The van der Waals surface area contributed by atoms with E-state index in [4.69, 9.17) is 9.84 Å². The van der Waals surface area contributed by atoms with Crippen LogP contribution < -0.4 is 0 Å². The highest BCUT2D eigenvalue weighted by atomic mass is 19.2. The molecule has 3 N–H and O–H groups in total. The zero-order valence-electron chi connectivity index (χ0n) is 11.1. The van der Waals surface area contributed by atoms with Crippen molar-refractivity contribution in [2.75, 3.05) is 6.61 Å². The normalized spacial score (nSPS) is 41.5. The van der Waals surface area contributed by atoms with E-state index < -0.39 is 36.3 Å². The third-order valence-corrected chi connectivity index (χ3v) is 4.50. The Labute approximate surface area is 118 Å². The van der Waals surface area contributed by atoms with Crippen molar-refractivity contribution in [3.63, 3.8) is 0 Å². The monoisotopic (exact) mass is 295 g/mol. The first-order chi connectivity index (χ1) is 9.93. The van der Waals surface area contributed by atoms with Gasteiger partial charge in [0.15, 0.2) is 0 Å². The average Bonchev–Trinajstić information content (AvgIpc) is 2.79. The van der Waals surface area contributed by atoms with E-state index in [0.29, 0.717) is 5.65 Å². The van der Waals surface area contributed by atoms with Gasteiger partial charge in [-0.2, -0.15) is 0 Å². The molecule has 2 aromatic heterocycles. The van der Waals surface area contributed by atoms with Crippen LogP contribution in [0.5, 0.6) is 0 Å². The minimum absolute atomic E-state index is 0.583. The fourth-order valence-electron chi connectivity index (χ4n) is 3.26. The average molecular weight is 295 g/mol. The van der Waals surface area contributed by atoms with Crippen LogP contribution >= 0.6 is 0 Å². The number of ether oxygens (including phenoxy) is 1. The van der Waals surface area contributed by atoms with Gasteiger partial charge in [0.05, 0.1) is 11.7 Å². The van der Waals surface area contributed by atoms with Gasteiger partial charge >= 0.3 is 0 Å². The maximum atomic E-state index is 14.0. The summed E-state index contributed by atoms with van der Waals surface area (Å²) in [7, 11) is 0. The van der Waals surface area contributed by atoms with E-state index in [-0.39, 0.29) is 0 Å². The lowest BCUT2D eigenvalue weighted by Gasteiger charge is -2.27. The summed E-state index contributed by atoms with van der Waals surface area (Å²) in [6.45, 7) is 0.827. The van der Waals surface area contributed by atoms with Crippen LogP contribution in [0.3, 0.4) is 0 Å². The van der Waals surface area contributed by atoms with Crippen molar-refractivity contribution in [2.45, 2.75) is 36.6 Å². The van der Waals surface area contributed by atoms with Crippen LogP contribution in [0.15, 0.2) is 18.6 Å². The predicted octanol–water partition coefficient (Wildman–Crippen LogP) is -0.557. The number of alkyl halides is 1.